The van der Waals surface area contributed by atoms with Gasteiger partial charge in [0, 0.05) is 0 Å². The zero-order valence-corrected chi connectivity index (χ0v) is 12.0. The second-order valence-electron chi connectivity index (χ2n) is 4.84. The number of rotatable bonds is 4. The summed E-state index contributed by atoms with van der Waals surface area (Å²) in [6.07, 6.45) is 0. The number of hydrazine groups is 1. The average molecular weight is 280 g/mol. The Morgan fingerprint density at radius 1 is 1.32 bits per heavy atom. The number of aryl methyl sites for hydroxylation is 1. The fourth-order valence-electron chi connectivity index (χ4n) is 2.06. The first-order valence-electron chi connectivity index (χ1n) is 6.08. The second-order valence-corrected chi connectivity index (χ2v) is 5.62. The molecule has 3 N–H and O–H groups in total. The number of hydrogen-bond acceptors (Lipinski definition) is 5. The molecule has 0 bridgehead atoms. The Balaban J connectivity index is 2.47. The Morgan fingerprint density at radius 2 is 2.05 bits per heavy atom. The lowest BCUT2D eigenvalue weighted by molar-refractivity contribution is 0.602. The molecular weight excluding hydrogens is 263 g/mol. The molecule has 1 aromatic heterocycles. The molecule has 0 radical (unpaired) electrons. The summed E-state index contributed by atoms with van der Waals surface area (Å²) in [7, 11) is 0. The number of benzene rings is 1. The van der Waals surface area contributed by atoms with Crippen molar-refractivity contribution in [2.75, 3.05) is 0 Å². The minimum absolute atomic E-state index is 0.249. The summed E-state index contributed by atoms with van der Waals surface area (Å²) < 4.78 is 17.5. The maximum Gasteiger partial charge on any atom is 0.123 e. The zero-order chi connectivity index (χ0) is 14.0. The Bertz CT molecular complexity index is 547. The van der Waals surface area contributed by atoms with E-state index in [1.54, 1.807) is 0 Å². The van der Waals surface area contributed by atoms with Crippen LogP contribution in [0.4, 0.5) is 4.39 Å². The molecule has 2 rings (SSSR count). The van der Waals surface area contributed by atoms with Gasteiger partial charge in [-0.2, -0.15) is 0 Å². The van der Waals surface area contributed by atoms with Gasteiger partial charge in [-0.25, -0.2) is 9.82 Å². The van der Waals surface area contributed by atoms with Gasteiger partial charge in [0.25, 0.3) is 0 Å². The lowest BCUT2D eigenvalue weighted by Gasteiger charge is -2.17. The van der Waals surface area contributed by atoms with Gasteiger partial charge in [0.2, 0.25) is 0 Å². The fraction of sp³-hybridized carbons (Fsp3) is 0.385. The summed E-state index contributed by atoms with van der Waals surface area (Å²) >= 11 is 1.29. The van der Waals surface area contributed by atoms with E-state index in [4.69, 9.17) is 5.84 Å². The summed E-state index contributed by atoms with van der Waals surface area (Å²) in [5, 5.41) is 4.13. The minimum Gasteiger partial charge on any atom is -0.271 e. The van der Waals surface area contributed by atoms with E-state index in [-0.39, 0.29) is 17.8 Å². The molecule has 19 heavy (non-hydrogen) atoms. The van der Waals surface area contributed by atoms with Gasteiger partial charge in [-0.1, -0.05) is 24.4 Å². The van der Waals surface area contributed by atoms with Crippen LogP contribution in [0.2, 0.25) is 0 Å². The first-order valence-corrected chi connectivity index (χ1v) is 6.85. The average Bonchev–Trinajstić information content (AvgIpc) is 2.78. The van der Waals surface area contributed by atoms with Crippen molar-refractivity contribution in [2.24, 2.45) is 5.84 Å². The molecule has 0 saturated carbocycles. The molecule has 0 aliphatic carbocycles. The van der Waals surface area contributed by atoms with Crippen molar-refractivity contribution in [2.45, 2.75) is 32.7 Å². The maximum atomic E-state index is 13.5. The first-order chi connectivity index (χ1) is 9.02. The number of aromatic nitrogens is 2. The third-order valence-electron chi connectivity index (χ3n) is 2.91. The largest absolute Gasteiger partial charge is 0.271 e. The van der Waals surface area contributed by atoms with Crippen LogP contribution in [0.1, 0.15) is 47.5 Å². The maximum absolute atomic E-state index is 13.5. The normalized spacial score (nSPS) is 12.9. The Labute approximate surface area is 116 Å². The van der Waals surface area contributed by atoms with Crippen LogP contribution in [0, 0.1) is 12.7 Å². The highest BCUT2D eigenvalue weighted by molar-refractivity contribution is 7.05. The summed E-state index contributed by atoms with van der Waals surface area (Å²) in [6, 6.07) is 4.61. The topological polar surface area (TPSA) is 63.8 Å². The van der Waals surface area contributed by atoms with E-state index in [0.29, 0.717) is 0 Å². The molecule has 4 nitrogen and oxygen atoms in total. The van der Waals surface area contributed by atoms with Crippen LogP contribution >= 0.6 is 11.5 Å². The van der Waals surface area contributed by atoms with Gasteiger partial charge in [0.05, 0.1) is 16.6 Å². The highest BCUT2D eigenvalue weighted by Gasteiger charge is 2.22. The van der Waals surface area contributed by atoms with Crippen LogP contribution in [-0.4, -0.2) is 9.59 Å². The summed E-state index contributed by atoms with van der Waals surface area (Å²) in [5.41, 5.74) is 5.28. The molecule has 0 spiro atoms. The third kappa shape index (κ3) is 2.97. The lowest BCUT2D eigenvalue weighted by atomic mass is 9.99. The first kappa shape index (κ1) is 14.0. The lowest BCUT2D eigenvalue weighted by Crippen LogP contribution is -2.29. The van der Waals surface area contributed by atoms with Crippen molar-refractivity contribution in [1.29, 1.82) is 0 Å². The van der Waals surface area contributed by atoms with Crippen LogP contribution in [0.3, 0.4) is 0 Å². The molecule has 1 aromatic carbocycles. The van der Waals surface area contributed by atoms with Crippen LogP contribution in [0.25, 0.3) is 0 Å². The Morgan fingerprint density at radius 3 is 2.63 bits per heavy atom. The van der Waals surface area contributed by atoms with E-state index < -0.39 is 0 Å². The van der Waals surface area contributed by atoms with Crippen molar-refractivity contribution in [3.05, 3.63) is 45.7 Å². The van der Waals surface area contributed by atoms with E-state index in [1.165, 1.54) is 23.7 Å². The van der Waals surface area contributed by atoms with Crippen LogP contribution in [-0.2, 0) is 0 Å². The standard InChI is InChI=1S/C13H17FN4S/c1-7(2)11-13(19-18-17-11)12(16-15)9-4-8(3)5-10(14)6-9/h4-7,12,16H,15H2,1-3H3. The van der Waals surface area contributed by atoms with E-state index >= 15 is 0 Å². The monoisotopic (exact) mass is 280 g/mol. The Hall–Kier alpha value is -1.37. The van der Waals surface area contributed by atoms with Crippen molar-refractivity contribution in [3.63, 3.8) is 0 Å². The van der Waals surface area contributed by atoms with Gasteiger partial charge in [-0.05, 0) is 47.6 Å². The molecule has 0 aliphatic heterocycles. The van der Waals surface area contributed by atoms with Gasteiger partial charge in [0.15, 0.2) is 0 Å². The number of nitrogens with two attached hydrogens (primary N) is 1. The van der Waals surface area contributed by atoms with E-state index in [1.807, 2.05) is 26.8 Å². The fourth-order valence-corrected chi connectivity index (χ4v) is 2.96. The van der Waals surface area contributed by atoms with Crippen molar-refractivity contribution in [1.82, 2.24) is 15.0 Å². The van der Waals surface area contributed by atoms with Gasteiger partial charge in [-0.3, -0.25) is 5.84 Å². The summed E-state index contributed by atoms with van der Waals surface area (Å²) in [6.45, 7) is 5.95. The highest BCUT2D eigenvalue weighted by Crippen LogP contribution is 2.30. The molecule has 0 amide bonds. The highest BCUT2D eigenvalue weighted by atomic mass is 32.1. The molecular formula is C13H17FN4S. The molecule has 1 atom stereocenters. The molecule has 1 unspecified atom stereocenters. The van der Waals surface area contributed by atoms with E-state index in [0.717, 1.165) is 21.7 Å². The smallest absolute Gasteiger partial charge is 0.123 e. The molecule has 0 saturated heterocycles. The SMILES string of the molecule is Cc1cc(F)cc(C(NN)c2snnc2C(C)C)c1. The Kier molecular flexibility index (Phi) is 4.24. The summed E-state index contributed by atoms with van der Waals surface area (Å²) in [4.78, 5) is 0.933. The zero-order valence-electron chi connectivity index (χ0n) is 11.1. The predicted molar refractivity (Wildman–Crippen MR) is 74.3 cm³/mol. The van der Waals surface area contributed by atoms with Crippen molar-refractivity contribution >= 4 is 11.5 Å². The van der Waals surface area contributed by atoms with Crippen LogP contribution in [0.15, 0.2) is 18.2 Å². The van der Waals surface area contributed by atoms with Gasteiger partial charge >= 0.3 is 0 Å². The summed E-state index contributed by atoms with van der Waals surface area (Å²) in [5.74, 6) is 5.63. The number of hydrogen-bond donors (Lipinski definition) is 2. The number of halogens is 1. The van der Waals surface area contributed by atoms with Gasteiger partial charge in [0.1, 0.15) is 5.82 Å². The van der Waals surface area contributed by atoms with Crippen molar-refractivity contribution < 1.29 is 4.39 Å². The number of nitrogens with zero attached hydrogens (tertiary/aromatic N) is 2. The second kappa shape index (κ2) is 5.73. The van der Waals surface area contributed by atoms with Gasteiger partial charge < -0.3 is 0 Å². The molecule has 6 heteroatoms. The molecule has 1 heterocycles. The molecule has 2 aromatic rings. The van der Waals surface area contributed by atoms with Crippen LogP contribution in [0.5, 0.6) is 0 Å². The molecule has 0 aliphatic rings. The molecule has 0 fully saturated rings. The minimum atomic E-state index is -0.285. The van der Waals surface area contributed by atoms with Crippen molar-refractivity contribution in [3.8, 4) is 0 Å². The van der Waals surface area contributed by atoms with E-state index in [2.05, 4.69) is 15.0 Å². The quantitative estimate of drug-likeness (QED) is 0.667. The van der Waals surface area contributed by atoms with E-state index in [9.17, 15) is 4.39 Å². The number of nitrogens with one attached hydrogen (secondary N) is 1. The van der Waals surface area contributed by atoms with Crippen LogP contribution < -0.4 is 11.3 Å². The third-order valence-corrected chi connectivity index (χ3v) is 3.72. The predicted octanol–water partition coefficient (Wildman–Crippen LogP) is 2.66. The van der Waals surface area contributed by atoms with Gasteiger partial charge in [-0.15, -0.1) is 5.10 Å². The molecule has 102 valence electrons.